The van der Waals surface area contributed by atoms with Crippen molar-refractivity contribution < 1.29 is 37.4 Å². The fraction of sp³-hybridized carbons (Fsp3) is 0. The van der Waals surface area contributed by atoms with Crippen LogP contribution in [0, 0.1) is 0 Å². The van der Waals surface area contributed by atoms with Gasteiger partial charge < -0.3 is 10.2 Å². The van der Waals surface area contributed by atoms with Gasteiger partial charge in [-0.1, -0.05) is 0 Å². The van der Waals surface area contributed by atoms with Crippen molar-refractivity contribution in [2.45, 2.75) is 0 Å². The minimum absolute atomic E-state index is 0. The van der Waals surface area contributed by atoms with E-state index in [0.29, 0.717) is 11.0 Å². The van der Waals surface area contributed by atoms with Gasteiger partial charge in [0.05, 0.1) is 0 Å². The Bertz CT molecular complexity index is 482. The number of aromatic hydroxyl groups is 1. The van der Waals surface area contributed by atoms with Gasteiger partial charge in [0.15, 0.2) is 0 Å². The molecule has 0 radical (unpaired) electrons. The van der Waals surface area contributed by atoms with E-state index in [9.17, 15) is 9.90 Å². The molecule has 0 atom stereocenters. The predicted molar refractivity (Wildman–Crippen MR) is 42.5 cm³/mol. The number of aromatic amines is 1. The molecule has 3 N–H and O–H groups in total. The van der Waals surface area contributed by atoms with E-state index in [1.54, 1.807) is 0 Å². The van der Waals surface area contributed by atoms with Gasteiger partial charge in [-0.15, -0.1) is 0 Å². The SMILES string of the molecule is O=C(O)c1cc2n[nH]nc2cc1O.[Ag+]. The first-order valence-electron chi connectivity index (χ1n) is 3.45. The van der Waals surface area contributed by atoms with Crippen LogP contribution in [0.1, 0.15) is 10.4 Å². The number of carboxylic acids is 1. The summed E-state index contributed by atoms with van der Waals surface area (Å²) >= 11 is 0. The minimum atomic E-state index is -1.19. The second-order valence-electron chi connectivity index (χ2n) is 2.49. The number of H-pyrrole nitrogens is 1. The summed E-state index contributed by atoms with van der Waals surface area (Å²) in [4.78, 5) is 10.6. The first-order valence-corrected chi connectivity index (χ1v) is 3.45. The Morgan fingerprint density at radius 3 is 2.43 bits per heavy atom. The second-order valence-corrected chi connectivity index (χ2v) is 2.49. The summed E-state index contributed by atoms with van der Waals surface area (Å²) in [6.45, 7) is 0. The van der Waals surface area contributed by atoms with Crippen molar-refractivity contribution in [3.05, 3.63) is 17.7 Å². The van der Waals surface area contributed by atoms with Gasteiger partial charge in [0.2, 0.25) is 0 Å². The minimum Gasteiger partial charge on any atom is -0.507 e. The van der Waals surface area contributed by atoms with Crippen molar-refractivity contribution in [1.82, 2.24) is 15.4 Å². The Kier molecular flexibility index (Phi) is 2.90. The molecule has 0 saturated heterocycles. The summed E-state index contributed by atoms with van der Waals surface area (Å²) in [6, 6.07) is 2.51. The Hall–Kier alpha value is -1.37. The summed E-state index contributed by atoms with van der Waals surface area (Å²) in [7, 11) is 0. The number of rotatable bonds is 1. The number of aromatic carboxylic acids is 1. The molecule has 0 spiro atoms. The molecule has 2 aromatic rings. The zero-order chi connectivity index (χ0) is 9.42. The predicted octanol–water partition coefficient (Wildman–Crippen LogP) is 0.359. The average Bonchev–Trinajstić information content (AvgIpc) is 2.48. The molecule has 0 aliphatic heterocycles. The van der Waals surface area contributed by atoms with Crippen molar-refractivity contribution in [3.8, 4) is 5.75 Å². The van der Waals surface area contributed by atoms with Crippen LogP contribution in [0.25, 0.3) is 11.0 Å². The van der Waals surface area contributed by atoms with E-state index in [4.69, 9.17) is 5.11 Å². The number of fused-ring (bicyclic) bond motifs is 1. The fourth-order valence-electron chi connectivity index (χ4n) is 1.05. The molecule has 0 amide bonds. The maximum absolute atomic E-state index is 10.6. The van der Waals surface area contributed by atoms with Gasteiger partial charge in [0.25, 0.3) is 0 Å². The number of nitrogens with zero attached hydrogens (tertiary/aromatic N) is 2. The smallest absolute Gasteiger partial charge is 0.507 e. The molecular weight excluding hydrogens is 282 g/mol. The molecule has 14 heavy (non-hydrogen) atoms. The van der Waals surface area contributed by atoms with Crippen LogP contribution in [0.2, 0.25) is 0 Å². The number of hydrogen-bond acceptors (Lipinski definition) is 4. The van der Waals surface area contributed by atoms with Crippen LogP contribution < -0.4 is 0 Å². The van der Waals surface area contributed by atoms with E-state index in [1.165, 1.54) is 12.1 Å². The van der Waals surface area contributed by atoms with Crippen LogP contribution in [0.5, 0.6) is 5.75 Å². The van der Waals surface area contributed by atoms with Crippen molar-refractivity contribution in [3.63, 3.8) is 0 Å². The zero-order valence-electron chi connectivity index (χ0n) is 6.65. The zero-order valence-corrected chi connectivity index (χ0v) is 8.14. The molecule has 76 valence electrons. The van der Waals surface area contributed by atoms with Crippen LogP contribution in [-0.4, -0.2) is 31.6 Å². The Balaban J connectivity index is 0.000000980. The Morgan fingerprint density at radius 1 is 1.29 bits per heavy atom. The van der Waals surface area contributed by atoms with Crippen molar-refractivity contribution in [1.29, 1.82) is 0 Å². The number of phenols is 1. The maximum atomic E-state index is 10.6. The third kappa shape index (κ3) is 1.63. The van der Waals surface area contributed by atoms with E-state index in [2.05, 4.69) is 15.4 Å². The summed E-state index contributed by atoms with van der Waals surface area (Å²) in [6.07, 6.45) is 0. The van der Waals surface area contributed by atoms with E-state index in [0.717, 1.165) is 0 Å². The number of benzene rings is 1. The van der Waals surface area contributed by atoms with E-state index >= 15 is 0 Å². The maximum Gasteiger partial charge on any atom is 1.00 e. The molecule has 0 aliphatic rings. The number of carboxylic acid groups (broad SMARTS) is 1. The average molecular weight is 287 g/mol. The van der Waals surface area contributed by atoms with Gasteiger partial charge >= 0.3 is 28.3 Å². The van der Waals surface area contributed by atoms with Gasteiger partial charge in [-0.05, 0) is 6.07 Å². The molecule has 7 heteroatoms. The number of hydrogen-bond donors (Lipinski definition) is 3. The number of aromatic nitrogens is 3. The largest absolute Gasteiger partial charge is 1.00 e. The number of carbonyl (C=O) groups is 1. The first-order chi connectivity index (χ1) is 6.18. The summed E-state index contributed by atoms with van der Waals surface area (Å²) in [5.41, 5.74) is 0.666. The van der Waals surface area contributed by atoms with Crippen LogP contribution in [0.3, 0.4) is 0 Å². The van der Waals surface area contributed by atoms with Gasteiger partial charge in [-0.2, -0.15) is 15.4 Å². The van der Waals surface area contributed by atoms with Crippen molar-refractivity contribution in [2.24, 2.45) is 0 Å². The molecule has 1 aromatic carbocycles. The van der Waals surface area contributed by atoms with Gasteiger partial charge in [0.1, 0.15) is 22.3 Å². The molecule has 0 fully saturated rings. The molecule has 6 nitrogen and oxygen atoms in total. The Labute approximate surface area is 93.4 Å². The van der Waals surface area contributed by atoms with Crippen LogP contribution in [0.4, 0.5) is 0 Å². The molecule has 0 saturated carbocycles. The second kappa shape index (κ2) is 3.79. The normalized spacial score (nSPS) is 9.71. The quantitative estimate of drug-likeness (QED) is 0.658. The standard InChI is InChI=1S/C7H5N3O3.Ag/c11-6-2-5-4(8-10-9-5)1-3(6)7(12)13;/h1-2,11H,(H,12,13)(H,8,9,10);/q;+1. The van der Waals surface area contributed by atoms with Crippen LogP contribution in [-0.2, 0) is 22.4 Å². The van der Waals surface area contributed by atoms with E-state index in [1.807, 2.05) is 0 Å². The van der Waals surface area contributed by atoms with Gasteiger partial charge in [-0.3, -0.25) is 0 Å². The molecule has 1 heterocycles. The van der Waals surface area contributed by atoms with Crippen molar-refractivity contribution >= 4 is 17.0 Å². The fourth-order valence-corrected chi connectivity index (χ4v) is 1.05. The summed E-state index contributed by atoms with van der Waals surface area (Å²) < 4.78 is 0. The molecule has 2 rings (SSSR count). The molecule has 1 aromatic heterocycles. The molecular formula is C7H5AgN3O3+. The summed E-state index contributed by atoms with van der Waals surface area (Å²) in [5, 5.41) is 27.6. The molecule has 0 unspecified atom stereocenters. The van der Waals surface area contributed by atoms with Crippen LogP contribution in [0.15, 0.2) is 12.1 Å². The Morgan fingerprint density at radius 2 is 1.86 bits per heavy atom. The first kappa shape index (κ1) is 10.7. The summed E-state index contributed by atoms with van der Waals surface area (Å²) in [5.74, 6) is -1.50. The van der Waals surface area contributed by atoms with Gasteiger partial charge in [0, 0.05) is 6.07 Å². The van der Waals surface area contributed by atoms with E-state index in [-0.39, 0.29) is 33.7 Å². The van der Waals surface area contributed by atoms with Crippen LogP contribution >= 0.6 is 0 Å². The third-order valence-electron chi connectivity index (χ3n) is 1.66. The monoisotopic (exact) mass is 286 g/mol. The number of nitrogens with one attached hydrogen (secondary N) is 1. The molecule has 0 aliphatic carbocycles. The van der Waals surface area contributed by atoms with E-state index < -0.39 is 5.97 Å². The molecule has 0 bridgehead atoms. The third-order valence-corrected chi connectivity index (χ3v) is 1.66. The van der Waals surface area contributed by atoms with Crippen molar-refractivity contribution in [2.75, 3.05) is 0 Å². The topological polar surface area (TPSA) is 99.1 Å². The van der Waals surface area contributed by atoms with Gasteiger partial charge in [-0.25, -0.2) is 4.79 Å².